The summed E-state index contributed by atoms with van der Waals surface area (Å²) >= 11 is 6.05. The highest BCUT2D eigenvalue weighted by molar-refractivity contribution is 6.30. The summed E-state index contributed by atoms with van der Waals surface area (Å²) in [5.74, 6) is 0.342. The van der Waals surface area contributed by atoms with Gasteiger partial charge in [-0.2, -0.15) is 5.10 Å². The Balaban J connectivity index is 1.37. The Kier molecular flexibility index (Phi) is 6.56. The van der Waals surface area contributed by atoms with Crippen molar-refractivity contribution in [2.45, 2.75) is 24.7 Å². The highest BCUT2D eigenvalue weighted by Crippen LogP contribution is 2.40. The van der Waals surface area contributed by atoms with E-state index in [1.54, 1.807) is 12.1 Å². The van der Waals surface area contributed by atoms with Crippen molar-refractivity contribution in [2.75, 3.05) is 19.6 Å². The summed E-state index contributed by atoms with van der Waals surface area (Å²) in [6.07, 6.45) is 2.05. The normalized spacial score (nSPS) is 19.0. The first-order chi connectivity index (χ1) is 16.2. The van der Waals surface area contributed by atoms with Crippen LogP contribution in [0, 0.1) is 5.82 Å². The minimum atomic E-state index is -0.197. The summed E-state index contributed by atoms with van der Waals surface area (Å²) in [4.78, 5) is 2.53. The minimum absolute atomic E-state index is 0.197. The highest BCUT2D eigenvalue weighted by Gasteiger charge is 2.33. The third kappa shape index (κ3) is 5.18. The number of aromatic nitrogens is 2. The molecule has 3 nitrogen and oxygen atoms in total. The van der Waals surface area contributed by atoms with Crippen LogP contribution in [0.15, 0.2) is 84.9 Å². The molecule has 1 aliphatic heterocycles. The highest BCUT2D eigenvalue weighted by atomic mass is 35.5. The smallest absolute Gasteiger partial charge is 0.123 e. The van der Waals surface area contributed by atoms with Crippen LogP contribution in [0.5, 0.6) is 0 Å². The van der Waals surface area contributed by atoms with Gasteiger partial charge in [-0.3, -0.25) is 5.10 Å². The topological polar surface area (TPSA) is 31.9 Å². The van der Waals surface area contributed by atoms with Gasteiger partial charge in [0.2, 0.25) is 0 Å². The average Bonchev–Trinajstić information content (AvgIpc) is 3.34. The van der Waals surface area contributed by atoms with Gasteiger partial charge in [-0.25, -0.2) is 4.39 Å². The molecule has 4 aromatic rings. The monoisotopic (exact) mass is 459 g/mol. The molecule has 5 heteroatoms. The zero-order valence-corrected chi connectivity index (χ0v) is 19.2. The van der Waals surface area contributed by atoms with Gasteiger partial charge in [0.15, 0.2) is 0 Å². The summed E-state index contributed by atoms with van der Waals surface area (Å²) in [5.41, 5.74) is 5.65. The lowest BCUT2D eigenvalue weighted by atomic mass is 9.78. The molecule has 0 saturated carbocycles. The number of benzene rings is 3. The van der Waals surface area contributed by atoms with Crippen molar-refractivity contribution in [3.05, 3.63) is 113 Å². The lowest BCUT2D eigenvalue weighted by Crippen LogP contribution is -2.39. The fraction of sp³-hybridized carbons (Fsp3) is 0.250. The van der Waals surface area contributed by atoms with Crippen LogP contribution in [-0.2, 0) is 6.42 Å². The second-order valence-corrected chi connectivity index (χ2v) is 9.24. The van der Waals surface area contributed by atoms with E-state index in [4.69, 9.17) is 16.7 Å². The van der Waals surface area contributed by atoms with E-state index in [1.165, 1.54) is 11.1 Å². The van der Waals surface area contributed by atoms with Gasteiger partial charge < -0.3 is 4.90 Å². The standard InChI is InChI=1S/C28H27ClFN3/c29-23-10-6-22(7-11-23)27-18-28(32-31-27)25-15-17-33(16-14-20-4-2-1-3-5-20)19-26(25)21-8-12-24(30)13-9-21/h1-13,18,25-26H,14-17,19H2,(H,31,32)/t25-,26+/m0/s1. The molecule has 0 amide bonds. The molecular formula is C28H27ClFN3. The van der Waals surface area contributed by atoms with Gasteiger partial charge in [0.25, 0.3) is 0 Å². The van der Waals surface area contributed by atoms with Crippen LogP contribution >= 0.6 is 11.6 Å². The quantitative estimate of drug-likeness (QED) is 0.348. The zero-order valence-electron chi connectivity index (χ0n) is 18.4. The molecule has 2 atom stereocenters. The Labute approximate surface area is 199 Å². The number of rotatable bonds is 6. The maximum atomic E-state index is 13.6. The summed E-state index contributed by atoms with van der Waals surface area (Å²) in [6.45, 7) is 2.98. The van der Waals surface area contributed by atoms with Gasteiger partial charge in [0, 0.05) is 29.9 Å². The van der Waals surface area contributed by atoms with Crippen molar-refractivity contribution in [3.63, 3.8) is 0 Å². The number of nitrogens with one attached hydrogen (secondary N) is 1. The molecule has 0 aliphatic carbocycles. The number of hydrogen-bond donors (Lipinski definition) is 1. The Bertz CT molecular complexity index is 1170. The molecule has 5 rings (SSSR count). The molecule has 1 saturated heterocycles. The van der Waals surface area contributed by atoms with Crippen LogP contribution in [0.1, 0.15) is 35.1 Å². The van der Waals surface area contributed by atoms with Crippen LogP contribution < -0.4 is 0 Å². The van der Waals surface area contributed by atoms with Crippen LogP contribution in [0.3, 0.4) is 0 Å². The Morgan fingerprint density at radius 1 is 0.939 bits per heavy atom. The van der Waals surface area contributed by atoms with Crippen molar-refractivity contribution >= 4 is 11.6 Å². The number of hydrogen-bond acceptors (Lipinski definition) is 2. The number of H-pyrrole nitrogens is 1. The van der Waals surface area contributed by atoms with Crippen molar-refractivity contribution in [1.82, 2.24) is 15.1 Å². The van der Waals surface area contributed by atoms with Crippen LogP contribution in [0.2, 0.25) is 5.02 Å². The fourth-order valence-corrected chi connectivity index (χ4v) is 4.99. The van der Waals surface area contributed by atoms with Crippen LogP contribution in [0.4, 0.5) is 4.39 Å². The molecule has 2 heterocycles. The van der Waals surface area contributed by atoms with E-state index in [9.17, 15) is 4.39 Å². The van der Waals surface area contributed by atoms with E-state index in [1.807, 2.05) is 36.4 Å². The average molecular weight is 460 g/mol. The molecule has 168 valence electrons. The second-order valence-electron chi connectivity index (χ2n) is 8.80. The first kappa shape index (κ1) is 21.9. The van der Waals surface area contributed by atoms with Gasteiger partial charge in [-0.1, -0.05) is 66.2 Å². The van der Waals surface area contributed by atoms with Crippen LogP contribution in [-0.4, -0.2) is 34.7 Å². The minimum Gasteiger partial charge on any atom is -0.302 e. The number of piperidine rings is 1. The van der Waals surface area contributed by atoms with E-state index in [0.717, 1.165) is 54.4 Å². The zero-order chi connectivity index (χ0) is 22.6. The second kappa shape index (κ2) is 9.90. The molecule has 0 unspecified atom stereocenters. The van der Waals surface area contributed by atoms with Gasteiger partial charge in [-0.15, -0.1) is 0 Å². The van der Waals surface area contributed by atoms with Gasteiger partial charge in [0.05, 0.1) is 11.4 Å². The first-order valence-corrected chi connectivity index (χ1v) is 11.9. The van der Waals surface area contributed by atoms with E-state index >= 15 is 0 Å². The summed E-state index contributed by atoms with van der Waals surface area (Å²) in [5, 5.41) is 8.63. The van der Waals surface area contributed by atoms with Crippen molar-refractivity contribution in [1.29, 1.82) is 0 Å². The molecule has 0 spiro atoms. The Morgan fingerprint density at radius 2 is 1.70 bits per heavy atom. The molecule has 0 bridgehead atoms. The maximum absolute atomic E-state index is 13.6. The molecule has 3 aromatic carbocycles. The van der Waals surface area contributed by atoms with E-state index in [-0.39, 0.29) is 17.7 Å². The molecule has 1 aromatic heterocycles. The predicted octanol–water partition coefficient (Wildman–Crippen LogP) is 6.69. The Morgan fingerprint density at radius 3 is 2.45 bits per heavy atom. The molecule has 1 fully saturated rings. The van der Waals surface area contributed by atoms with Gasteiger partial charge in [-0.05, 0) is 66.4 Å². The third-order valence-corrected chi connectivity index (χ3v) is 6.94. The maximum Gasteiger partial charge on any atom is 0.123 e. The number of halogens is 2. The van der Waals surface area contributed by atoms with Gasteiger partial charge in [0.1, 0.15) is 5.82 Å². The lowest BCUT2D eigenvalue weighted by molar-refractivity contribution is 0.189. The molecule has 0 radical (unpaired) electrons. The van der Waals surface area contributed by atoms with Crippen molar-refractivity contribution in [3.8, 4) is 11.3 Å². The van der Waals surface area contributed by atoms with Crippen LogP contribution in [0.25, 0.3) is 11.3 Å². The lowest BCUT2D eigenvalue weighted by Gasteiger charge is -2.38. The van der Waals surface area contributed by atoms with E-state index < -0.39 is 0 Å². The summed E-state index contributed by atoms with van der Waals surface area (Å²) < 4.78 is 13.6. The summed E-state index contributed by atoms with van der Waals surface area (Å²) in [6, 6.07) is 27.6. The first-order valence-electron chi connectivity index (χ1n) is 11.5. The van der Waals surface area contributed by atoms with Crippen molar-refractivity contribution < 1.29 is 4.39 Å². The molecule has 33 heavy (non-hydrogen) atoms. The van der Waals surface area contributed by atoms with Crippen molar-refractivity contribution in [2.24, 2.45) is 0 Å². The fourth-order valence-electron chi connectivity index (χ4n) is 4.86. The predicted molar refractivity (Wildman–Crippen MR) is 132 cm³/mol. The number of likely N-dealkylation sites (tertiary alicyclic amines) is 1. The molecular weight excluding hydrogens is 433 g/mol. The molecule has 1 aliphatic rings. The third-order valence-electron chi connectivity index (χ3n) is 6.69. The summed E-state index contributed by atoms with van der Waals surface area (Å²) in [7, 11) is 0. The SMILES string of the molecule is Fc1ccc([C@H]2CN(CCc3ccccc3)CC[C@@H]2c2cc(-c3ccc(Cl)cc3)[nH]n2)cc1. The number of nitrogens with zero attached hydrogens (tertiary/aromatic N) is 2. The van der Waals surface area contributed by atoms with E-state index in [2.05, 4.69) is 46.4 Å². The van der Waals surface area contributed by atoms with Gasteiger partial charge >= 0.3 is 0 Å². The molecule has 1 N–H and O–H groups in total. The Hall–Kier alpha value is -2.95. The van der Waals surface area contributed by atoms with E-state index in [0.29, 0.717) is 0 Å². The largest absolute Gasteiger partial charge is 0.302 e. The number of aromatic amines is 1.